The van der Waals surface area contributed by atoms with E-state index in [0.29, 0.717) is 89.9 Å². The van der Waals surface area contributed by atoms with Crippen LogP contribution < -0.4 is 37.2 Å². The molecule has 0 bridgehead atoms. The standard InChI is InChI=1S/C19H10ClF3N4OS2.C18H11Cl2N5OS2.C18H10ClFN4OS2.C18H12ClN5OS3.C18H18ClN5OS2/c20-12-5-6-13-14(9-12)24-8-7-15(13)29-18-27-26-17(30-18)25-16(28)10-1-3-11(4-2-10)19(21,22)23;19-10-1-4-12(5-2-10)22-16(26)23-17-24-25-18(28-17)27-15-7-8-21-14-9-11(20)3-6-13(14)15;19-11-3-6-13-14(9-11)21-8-7-15(13)26-18-24-23-17(27-18)22-16(25)10-1-4-12(20)5-2-10;1-26-16-12(3-2-7-21-16)15(25)22-17-23-24-18(28-17)27-14-6-8-20-13-9-10(19)4-5-11(13)14;19-11-6-7-13-14(10-11)20-9-8-15(13)26-18-24-23-17(27-18)22-16(25)21-12-4-2-1-3-5-12/h1-9H,(H,25,26,28);1-9H,(H2,22,23,24,26);1-9H,(H,22,23,25);2-9H,1H3,(H,22,23,25);6-10,12H,1-5H2,(H2,21,22,23,25). The number of thioether (sulfide) groups is 1. The third kappa shape index (κ3) is 28.2. The number of fused-ring (bicyclic) bond motifs is 5. The fourth-order valence-corrected chi connectivity index (χ4v) is 23.5. The zero-order chi connectivity index (χ0) is 97.8. The Labute approximate surface area is 867 Å². The van der Waals surface area contributed by atoms with Crippen LogP contribution in [0.1, 0.15) is 68.7 Å². The van der Waals surface area contributed by atoms with Gasteiger partial charge in [-0.05, 0) is 195 Å². The first-order chi connectivity index (χ1) is 67.7. The Balaban J connectivity index is 0.000000126. The van der Waals surface area contributed by atoms with Crippen molar-refractivity contribution >= 4 is 313 Å². The van der Waals surface area contributed by atoms with E-state index < -0.39 is 29.5 Å². The number of anilines is 6. The number of aromatic nitrogens is 16. The Morgan fingerprint density at radius 1 is 0.343 bits per heavy atom. The van der Waals surface area contributed by atoms with Gasteiger partial charge in [0.2, 0.25) is 25.7 Å². The van der Waals surface area contributed by atoms with Crippen LogP contribution in [-0.2, 0) is 6.18 Å². The number of halogens is 10. The predicted octanol–water partition coefficient (Wildman–Crippen LogP) is 28.2. The van der Waals surface area contributed by atoms with Crippen molar-refractivity contribution in [2.24, 2.45) is 0 Å². The van der Waals surface area contributed by atoms with Crippen LogP contribution in [0.15, 0.2) is 295 Å². The predicted molar refractivity (Wildman–Crippen MR) is 555 cm³/mol. The molecule has 0 aliphatic heterocycles. The number of nitrogens with one attached hydrogen (secondary N) is 7. The van der Waals surface area contributed by atoms with E-state index in [2.05, 4.69) is 118 Å². The highest BCUT2D eigenvalue weighted by molar-refractivity contribution is 8.02. The molecular weight excluding hydrogens is 2140 g/mol. The van der Waals surface area contributed by atoms with Gasteiger partial charge in [-0.15, -0.1) is 62.7 Å². The normalized spacial score (nSPS) is 11.8. The molecule has 7 amide bonds. The monoisotopic (exact) mass is 2190 g/mol. The maximum atomic E-state index is 13.0. The van der Waals surface area contributed by atoms with Crippen LogP contribution in [0.2, 0.25) is 30.1 Å². The summed E-state index contributed by atoms with van der Waals surface area (Å²) >= 11 is 50.9. The average molecular weight is 2200 g/mol. The molecule has 11 aromatic heterocycles. The van der Waals surface area contributed by atoms with Crippen LogP contribution in [0.3, 0.4) is 0 Å². The first-order valence-corrected chi connectivity index (χ1v) is 52.5. The minimum atomic E-state index is -4.46. The molecule has 1 saturated carbocycles. The van der Waals surface area contributed by atoms with Crippen molar-refractivity contribution in [3.05, 3.63) is 302 Å². The Morgan fingerprint density at radius 2 is 0.664 bits per heavy atom. The molecule has 0 unspecified atom stereocenters. The number of nitrogens with zero attached hydrogens (tertiary/aromatic N) is 16. The fourth-order valence-electron chi connectivity index (χ4n) is 12.9. The molecule has 11 heterocycles. The molecule has 706 valence electrons. The third-order valence-electron chi connectivity index (χ3n) is 19.3. The van der Waals surface area contributed by atoms with Gasteiger partial charge in [-0.2, -0.15) is 13.2 Å². The summed E-state index contributed by atoms with van der Waals surface area (Å²) in [4.78, 5) is 91.9. The van der Waals surface area contributed by atoms with Gasteiger partial charge in [-0.3, -0.25) is 65.9 Å². The van der Waals surface area contributed by atoms with Crippen molar-refractivity contribution in [3.63, 3.8) is 0 Å². The van der Waals surface area contributed by atoms with Crippen molar-refractivity contribution in [3.8, 4) is 0 Å². The Bertz CT molecular complexity index is 7720. The minimum absolute atomic E-state index is 0.0874. The first kappa shape index (κ1) is 101. The largest absolute Gasteiger partial charge is 0.416 e. The molecule has 0 atom stereocenters. The van der Waals surface area contributed by atoms with Crippen molar-refractivity contribution in [2.45, 2.75) is 95.5 Å². The molecule has 20 rings (SSSR count). The molecule has 8 aromatic carbocycles. The van der Waals surface area contributed by atoms with Gasteiger partial charge < -0.3 is 10.6 Å². The zero-order valence-electron chi connectivity index (χ0n) is 71.2. The van der Waals surface area contributed by atoms with Crippen LogP contribution in [0, 0.1) is 5.82 Å². The molecule has 0 radical (unpaired) electrons. The third-order valence-corrected chi connectivity index (χ3v) is 31.2. The highest BCUT2D eigenvalue weighted by atomic mass is 35.5. The van der Waals surface area contributed by atoms with Gasteiger partial charge in [-0.25, -0.2) is 19.0 Å². The molecule has 1 aliphatic carbocycles. The van der Waals surface area contributed by atoms with Crippen molar-refractivity contribution < 1.29 is 41.5 Å². The van der Waals surface area contributed by atoms with Gasteiger partial charge >= 0.3 is 18.2 Å². The molecule has 1 aliphatic rings. The van der Waals surface area contributed by atoms with E-state index >= 15 is 0 Å². The van der Waals surface area contributed by atoms with E-state index in [4.69, 9.17) is 69.6 Å². The summed E-state index contributed by atoms with van der Waals surface area (Å²) in [6, 6.07) is 56.3. The number of hydrogen-bond donors (Lipinski definition) is 7. The average Bonchev–Trinajstić information content (AvgIpc) is 1.46. The van der Waals surface area contributed by atoms with Gasteiger partial charge in [-0.1, -0.05) is 235 Å². The number of hydrogen-bond acceptors (Lipinski definition) is 32. The van der Waals surface area contributed by atoms with Crippen LogP contribution in [0.4, 0.5) is 58.5 Å². The van der Waals surface area contributed by atoms with Crippen molar-refractivity contribution in [1.29, 1.82) is 0 Å². The summed E-state index contributed by atoms with van der Waals surface area (Å²) in [5.41, 5.74) is 4.75. The van der Waals surface area contributed by atoms with Crippen LogP contribution >= 0.6 is 197 Å². The van der Waals surface area contributed by atoms with Crippen LogP contribution in [-0.4, -0.2) is 123 Å². The molecule has 19 aromatic rings. The zero-order valence-corrected chi connectivity index (χ0v) is 84.7. The van der Waals surface area contributed by atoms with Gasteiger partial charge in [0.15, 0.2) is 21.7 Å². The first-order valence-electron chi connectivity index (χ1n) is 40.8. The minimum Gasteiger partial charge on any atom is -0.335 e. The van der Waals surface area contributed by atoms with Crippen molar-refractivity contribution in [2.75, 3.05) is 38.2 Å². The van der Waals surface area contributed by atoms with Gasteiger partial charge in [0, 0.05) is 142 Å². The SMILES string of the molecule is CSc1ncccc1C(=O)Nc1nnc(Sc2ccnc3cc(Cl)ccc23)s1.O=C(Nc1ccc(Cl)cc1)Nc1nnc(Sc2ccnc3cc(Cl)ccc23)s1.O=C(Nc1nnc(Sc2ccnc3cc(Cl)ccc23)s1)NC1CCCCC1.O=C(Nc1nnc(Sc2ccnc3cc(Cl)ccc23)s1)c1ccc(C(F)(F)F)cc1.O=C(Nc1nnc(Sc2ccnc3cc(Cl)ccc23)s1)c1ccc(F)cc1. The highest BCUT2D eigenvalue weighted by Gasteiger charge is 2.31. The lowest BCUT2D eigenvalue weighted by molar-refractivity contribution is -0.137. The number of carbonyl (C=O) groups excluding carboxylic acids is 5. The topological polar surface area (TPSA) is 376 Å². The number of amides is 7. The molecule has 140 heavy (non-hydrogen) atoms. The molecule has 49 heteroatoms. The summed E-state index contributed by atoms with van der Waals surface area (Å²) in [6.07, 6.45) is 13.4. The lowest BCUT2D eigenvalue weighted by atomic mass is 9.96. The maximum Gasteiger partial charge on any atom is 0.416 e. The second kappa shape index (κ2) is 48.2. The Kier molecular flexibility index (Phi) is 34.8. The van der Waals surface area contributed by atoms with E-state index in [-0.39, 0.29) is 34.6 Å². The van der Waals surface area contributed by atoms with E-state index in [1.165, 1.54) is 159 Å². The fraction of sp³-hybridized carbons (Fsp3) is 0.0879. The Hall–Kier alpha value is -11.7. The number of alkyl halides is 3. The quantitative estimate of drug-likeness (QED) is 0.0200. The highest BCUT2D eigenvalue weighted by Crippen LogP contribution is 2.43. The van der Waals surface area contributed by atoms with E-state index in [1.54, 1.807) is 91.8 Å². The Morgan fingerprint density at radius 3 is 1.01 bits per heavy atom. The number of benzene rings is 8. The second-order valence-corrected chi connectivity index (χ2v) is 43.5. The lowest BCUT2D eigenvalue weighted by Gasteiger charge is -2.22. The number of urea groups is 2. The van der Waals surface area contributed by atoms with Gasteiger partial charge in [0.05, 0.1) is 38.7 Å². The summed E-state index contributed by atoms with van der Waals surface area (Å²) in [6.45, 7) is 0. The lowest BCUT2D eigenvalue weighted by Crippen LogP contribution is -2.38. The molecule has 0 saturated heterocycles. The van der Waals surface area contributed by atoms with Gasteiger partial charge in [0.25, 0.3) is 17.7 Å². The summed E-state index contributed by atoms with van der Waals surface area (Å²) < 4.78 is 54.3. The van der Waals surface area contributed by atoms with Gasteiger partial charge in [0.1, 0.15) is 10.8 Å². The molecule has 1 fully saturated rings. The summed E-state index contributed by atoms with van der Waals surface area (Å²) in [5.74, 6) is -1.59. The summed E-state index contributed by atoms with van der Waals surface area (Å²) in [5, 5.41) is 71.1. The maximum absolute atomic E-state index is 13.0. The molecule has 28 nitrogen and oxygen atoms in total. The molecule has 7 N–H and O–H groups in total. The van der Waals surface area contributed by atoms with Crippen molar-refractivity contribution in [1.82, 2.24) is 86.2 Å². The van der Waals surface area contributed by atoms with Crippen LogP contribution in [0.25, 0.3) is 54.5 Å². The number of carbonyl (C=O) groups is 5. The number of pyridine rings is 6. The smallest absolute Gasteiger partial charge is 0.335 e. The summed E-state index contributed by atoms with van der Waals surface area (Å²) in [7, 11) is 0. The van der Waals surface area contributed by atoms with E-state index in [9.17, 15) is 41.5 Å². The van der Waals surface area contributed by atoms with E-state index in [1.807, 2.05) is 109 Å². The molecular formula is C91H61Cl6F4N23O5S11. The van der Waals surface area contributed by atoms with Crippen LogP contribution in [0.5, 0.6) is 0 Å². The molecule has 0 spiro atoms. The number of rotatable bonds is 21. The second-order valence-electron chi connectivity index (χ2n) is 28.8. The van der Waals surface area contributed by atoms with E-state index in [0.717, 1.165) is 132 Å².